The largest absolute Gasteiger partial charge is 0.371 e. The number of piperidine rings is 1. The first-order valence-electron chi connectivity index (χ1n) is 13.3. The predicted octanol–water partition coefficient (Wildman–Crippen LogP) is 7.09. The number of nitrogens with one attached hydrogen (secondary N) is 2. The van der Waals surface area contributed by atoms with Gasteiger partial charge in [-0.1, -0.05) is 72.8 Å². The summed E-state index contributed by atoms with van der Waals surface area (Å²) >= 11 is 0. The van der Waals surface area contributed by atoms with Crippen molar-refractivity contribution in [2.75, 3.05) is 23.3 Å². The van der Waals surface area contributed by atoms with Crippen LogP contribution in [0.3, 0.4) is 0 Å². The van der Waals surface area contributed by atoms with E-state index in [1.165, 1.54) is 6.42 Å². The van der Waals surface area contributed by atoms with Gasteiger partial charge in [-0.05, 0) is 73.2 Å². The zero-order valence-electron chi connectivity index (χ0n) is 21.7. The third kappa shape index (κ3) is 5.94. The van der Waals surface area contributed by atoms with Gasteiger partial charge in [0.05, 0.1) is 11.6 Å². The Labute approximate surface area is 224 Å². The second kappa shape index (κ2) is 11.8. The number of nitrogens with zero attached hydrogens (tertiary/aromatic N) is 1. The third-order valence-electron chi connectivity index (χ3n) is 7.10. The van der Waals surface area contributed by atoms with Crippen LogP contribution in [0.25, 0.3) is 11.1 Å². The monoisotopic (exact) mass is 503 g/mol. The summed E-state index contributed by atoms with van der Waals surface area (Å²) in [5, 5.41) is 6.14. The van der Waals surface area contributed by atoms with Crippen molar-refractivity contribution in [3.63, 3.8) is 0 Å². The molecule has 0 radical (unpaired) electrons. The molecule has 1 fully saturated rings. The fourth-order valence-electron chi connectivity index (χ4n) is 4.95. The van der Waals surface area contributed by atoms with Gasteiger partial charge in [-0.15, -0.1) is 0 Å². The highest BCUT2D eigenvalue weighted by Gasteiger charge is 2.21. The van der Waals surface area contributed by atoms with Crippen molar-refractivity contribution in [1.82, 2.24) is 5.32 Å². The van der Waals surface area contributed by atoms with Crippen molar-refractivity contribution in [2.24, 2.45) is 0 Å². The van der Waals surface area contributed by atoms with Crippen LogP contribution in [0.15, 0.2) is 103 Å². The second-order valence-electron chi connectivity index (χ2n) is 9.78. The van der Waals surface area contributed by atoms with Gasteiger partial charge in [-0.3, -0.25) is 9.59 Å². The maximum atomic E-state index is 13.5. The number of carbonyl (C=O) groups excluding carboxylic acids is 2. The number of anilines is 2. The zero-order valence-corrected chi connectivity index (χ0v) is 21.7. The molecule has 0 aliphatic carbocycles. The number of benzene rings is 4. The Hall–Kier alpha value is -4.38. The van der Waals surface area contributed by atoms with E-state index in [1.54, 1.807) is 6.07 Å². The first kappa shape index (κ1) is 25.3. The molecule has 0 aromatic heterocycles. The lowest BCUT2D eigenvalue weighted by Gasteiger charge is -2.31. The Bertz CT molecular complexity index is 1380. The Morgan fingerprint density at radius 2 is 1.34 bits per heavy atom. The van der Waals surface area contributed by atoms with E-state index in [2.05, 4.69) is 15.5 Å². The number of amides is 2. The number of carbonyl (C=O) groups is 2. The lowest BCUT2D eigenvalue weighted by molar-refractivity contribution is 0.0939. The summed E-state index contributed by atoms with van der Waals surface area (Å²) < 4.78 is 0. The molecule has 1 aliphatic heterocycles. The molecular weight excluding hydrogens is 470 g/mol. The molecule has 5 rings (SSSR count). The molecule has 1 aliphatic rings. The highest BCUT2D eigenvalue weighted by Crippen LogP contribution is 2.28. The van der Waals surface area contributed by atoms with E-state index in [-0.39, 0.29) is 17.9 Å². The smallest absolute Gasteiger partial charge is 0.255 e. The lowest BCUT2D eigenvalue weighted by atomic mass is 10.0. The van der Waals surface area contributed by atoms with Crippen LogP contribution in [-0.2, 0) is 0 Å². The van der Waals surface area contributed by atoms with Crippen molar-refractivity contribution in [2.45, 2.75) is 32.2 Å². The topological polar surface area (TPSA) is 61.4 Å². The van der Waals surface area contributed by atoms with Gasteiger partial charge in [0.2, 0.25) is 0 Å². The highest BCUT2D eigenvalue weighted by atomic mass is 16.2. The molecule has 1 unspecified atom stereocenters. The first-order chi connectivity index (χ1) is 18.6. The molecule has 2 N–H and O–H groups in total. The Kier molecular flexibility index (Phi) is 7.84. The van der Waals surface area contributed by atoms with Gasteiger partial charge in [0.15, 0.2) is 0 Å². The van der Waals surface area contributed by atoms with Gasteiger partial charge >= 0.3 is 0 Å². The third-order valence-corrected chi connectivity index (χ3v) is 7.10. The van der Waals surface area contributed by atoms with Crippen LogP contribution in [0, 0.1) is 0 Å². The molecule has 0 spiro atoms. The van der Waals surface area contributed by atoms with E-state index in [0.717, 1.165) is 48.3 Å². The van der Waals surface area contributed by atoms with Gasteiger partial charge < -0.3 is 15.5 Å². The predicted molar refractivity (Wildman–Crippen MR) is 155 cm³/mol. The van der Waals surface area contributed by atoms with Gasteiger partial charge in [0, 0.05) is 30.0 Å². The number of rotatable bonds is 7. The maximum Gasteiger partial charge on any atom is 0.255 e. The normalized spacial score (nSPS) is 14.0. The average molecular weight is 504 g/mol. The van der Waals surface area contributed by atoms with Crippen LogP contribution in [0.5, 0.6) is 0 Å². The Morgan fingerprint density at radius 1 is 0.711 bits per heavy atom. The summed E-state index contributed by atoms with van der Waals surface area (Å²) in [5.74, 6) is -0.357. The molecule has 5 heteroatoms. The molecule has 4 aromatic carbocycles. The van der Waals surface area contributed by atoms with Crippen molar-refractivity contribution < 1.29 is 9.59 Å². The summed E-state index contributed by atoms with van der Waals surface area (Å²) in [7, 11) is 0. The standard InChI is InChI=1S/C33H33N3O2/c1-24(25-11-5-2-6-12-25)34-33(38)30-23-29(19-20-31(30)36-21-9-4-10-22-36)35-32(37)28-17-15-27(16-18-28)26-13-7-3-8-14-26/h2-3,5-8,11-20,23-24H,4,9-10,21-22H2,1H3,(H,34,38)(H,35,37). The summed E-state index contributed by atoms with van der Waals surface area (Å²) in [6, 6.07) is 33.1. The first-order valence-corrected chi connectivity index (χ1v) is 13.3. The van der Waals surface area contributed by atoms with Crippen molar-refractivity contribution in [1.29, 1.82) is 0 Å². The molecule has 1 atom stereocenters. The lowest BCUT2D eigenvalue weighted by Crippen LogP contribution is -2.33. The summed E-state index contributed by atoms with van der Waals surface area (Å²) in [6.07, 6.45) is 3.43. The molecule has 4 aromatic rings. The van der Waals surface area contributed by atoms with Crippen molar-refractivity contribution >= 4 is 23.2 Å². The van der Waals surface area contributed by atoms with Crippen LogP contribution >= 0.6 is 0 Å². The molecule has 1 heterocycles. The fraction of sp³-hybridized carbons (Fsp3) is 0.212. The molecule has 2 amide bonds. The van der Waals surface area contributed by atoms with Crippen molar-refractivity contribution in [3.8, 4) is 11.1 Å². The van der Waals surface area contributed by atoms with Gasteiger partial charge in [0.1, 0.15) is 0 Å². The van der Waals surface area contributed by atoms with Crippen LogP contribution in [0.1, 0.15) is 58.5 Å². The molecule has 5 nitrogen and oxygen atoms in total. The van der Waals surface area contributed by atoms with E-state index >= 15 is 0 Å². The molecule has 1 saturated heterocycles. The highest BCUT2D eigenvalue weighted by molar-refractivity contribution is 6.06. The molecule has 192 valence electrons. The van der Waals surface area contributed by atoms with E-state index in [4.69, 9.17) is 0 Å². The van der Waals surface area contributed by atoms with Crippen LogP contribution in [0.2, 0.25) is 0 Å². The second-order valence-corrected chi connectivity index (χ2v) is 9.78. The van der Waals surface area contributed by atoms with Crippen molar-refractivity contribution in [3.05, 3.63) is 120 Å². The summed E-state index contributed by atoms with van der Waals surface area (Å²) in [5.41, 5.74) is 5.85. The quantitative estimate of drug-likeness (QED) is 0.283. The Morgan fingerprint density at radius 3 is 2.03 bits per heavy atom. The fourth-order valence-corrected chi connectivity index (χ4v) is 4.95. The molecule has 38 heavy (non-hydrogen) atoms. The minimum atomic E-state index is -0.209. The van der Waals surface area contributed by atoms with E-state index < -0.39 is 0 Å². The average Bonchev–Trinajstić information content (AvgIpc) is 2.98. The van der Waals surface area contributed by atoms with Gasteiger partial charge in [-0.2, -0.15) is 0 Å². The van der Waals surface area contributed by atoms with Crippen LogP contribution in [-0.4, -0.2) is 24.9 Å². The van der Waals surface area contributed by atoms with E-state index in [1.807, 2.05) is 104 Å². The molecule has 0 saturated carbocycles. The SMILES string of the molecule is CC(NC(=O)c1cc(NC(=O)c2ccc(-c3ccccc3)cc2)ccc1N1CCCCC1)c1ccccc1. The summed E-state index contributed by atoms with van der Waals surface area (Å²) in [4.78, 5) is 28.9. The molecular formula is C33H33N3O2. The minimum absolute atomic E-state index is 0.140. The summed E-state index contributed by atoms with van der Waals surface area (Å²) in [6.45, 7) is 3.83. The van der Waals surface area contributed by atoms with Crippen LogP contribution < -0.4 is 15.5 Å². The number of hydrogen-bond donors (Lipinski definition) is 2. The van der Waals surface area contributed by atoms with E-state index in [9.17, 15) is 9.59 Å². The zero-order chi connectivity index (χ0) is 26.3. The van der Waals surface area contributed by atoms with Gasteiger partial charge in [0.25, 0.3) is 11.8 Å². The van der Waals surface area contributed by atoms with Crippen LogP contribution in [0.4, 0.5) is 11.4 Å². The Balaban J connectivity index is 1.36. The molecule has 0 bridgehead atoms. The minimum Gasteiger partial charge on any atom is -0.371 e. The van der Waals surface area contributed by atoms with Gasteiger partial charge in [-0.25, -0.2) is 0 Å². The van der Waals surface area contributed by atoms with E-state index in [0.29, 0.717) is 16.8 Å². The maximum absolute atomic E-state index is 13.5. The number of hydrogen-bond acceptors (Lipinski definition) is 3.